The molecule has 5 heteroatoms. The quantitative estimate of drug-likeness (QED) is 0.864. The van der Waals surface area contributed by atoms with E-state index in [0.29, 0.717) is 0 Å². The van der Waals surface area contributed by atoms with Crippen molar-refractivity contribution in [1.29, 1.82) is 0 Å². The Morgan fingerprint density at radius 3 is 2.64 bits per heavy atom. The third kappa shape index (κ3) is 4.23. The van der Waals surface area contributed by atoms with Gasteiger partial charge in [-0.05, 0) is 37.8 Å². The standard InChI is InChI=1S/C20H26N4O/c1-14(2)15(3)16-9-17(11-21-10-16)18-12-22-20(23-13-18)24-7-4-5-19(25)6-8-24/h9-13,15,19,25H,1,4-8H2,2-3H3. The van der Waals surface area contributed by atoms with E-state index in [4.69, 9.17) is 0 Å². The van der Waals surface area contributed by atoms with Crippen LogP contribution in [-0.4, -0.2) is 39.3 Å². The molecule has 0 spiro atoms. The van der Waals surface area contributed by atoms with Crippen molar-refractivity contribution >= 4 is 5.95 Å². The lowest BCUT2D eigenvalue weighted by atomic mass is 9.95. The third-order valence-corrected chi connectivity index (χ3v) is 4.95. The van der Waals surface area contributed by atoms with Crippen LogP contribution in [0.15, 0.2) is 43.0 Å². The van der Waals surface area contributed by atoms with Gasteiger partial charge in [0.05, 0.1) is 6.10 Å². The zero-order valence-corrected chi connectivity index (χ0v) is 15.0. The fraction of sp³-hybridized carbons (Fsp3) is 0.450. The number of anilines is 1. The van der Waals surface area contributed by atoms with Crippen LogP contribution in [0.25, 0.3) is 11.1 Å². The molecule has 2 aromatic rings. The van der Waals surface area contributed by atoms with Gasteiger partial charge in [-0.2, -0.15) is 0 Å². The van der Waals surface area contributed by atoms with Crippen molar-refractivity contribution in [2.24, 2.45) is 0 Å². The molecule has 1 saturated heterocycles. The lowest BCUT2D eigenvalue weighted by Gasteiger charge is -2.20. The van der Waals surface area contributed by atoms with Gasteiger partial charge in [0.15, 0.2) is 0 Å². The van der Waals surface area contributed by atoms with Crippen LogP contribution in [0.4, 0.5) is 5.95 Å². The van der Waals surface area contributed by atoms with Gasteiger partial charge in [0, 0.05) is 54.9 Å². The summed E-state index contributed by atoms with van der Waals surface area (Å²) in [6.07, 6.45) is 9.84. The van der Waals surface area contributed by atoms with Crippen LogP contribution in [0.1, 0.15) is 44.6 Å². The first kappa shape index (κ1) is 17.5. The minimum atomic E-state index is -0.201. The molecule has 132 valence electrons. The largest absolute Gasteiger partial charge is 0.393 e. The predicted octanol–water partition coefficient (Wildman–Crippen LogP) is 3.57. The average Bonchev–Trinajstić information content (AvgIpc) is 2.86. The number of nitrogens with zero attached hydrogens (tertiary/aromatic N) is 4. The Kier molecular flexibility index (Phi) is 5.43. The van der Waals surface area contributed by atoms with E-state index in [0.717, 1.165) is 60.6 Å². The molecule has 0 radical (unpaired) electrons. The van der Waals surface area contributed by atoms with E-state index in [2.05, 4.69) is 39.4 Å². The SMILES string of the molecule is C=C(C)C(C)c1cncc(-c2cnc(N3CCCC(O)CC3)nc2)c1. The van der Waals surface area contributed by atoms with E-state index in [-0.39, 0.29) is 12.0 Å². The topological polar surface area (TPSA) is 62.1 Å². The van der Waals surface area contributed by atoms with Gasteiger partial charge in [-0.1, -0.05) is 19.1 Å². The molecule has 3 rings (SSSR count). The van der Waals surface area contributed by atoms with E-state index in [1.165, 1.54) is 0 Å². The zero-order valence-electron chi connectivity index (χ0n) is 15.0. The lowest BCUT2D eigenvalue weighted by molar-refractivity contribution is 0.161. The molecule has 1 fully saturated rings. The number of hydrogen-bond donors (Lipinski definition) is 1. The van der Waals surface area contributed by atoms with Gasteiger partial charge in [-0.3, -0.25) is 4.98 Å². The van der Waals surface area contributed by atoms with E-state index in [9.17, 15) is 5.11 Å². The summed E-state index contributed by atoms with van der Waals surface area (Å²) >= 11 is 0. The van der Waals surface area contributed by atoms with Gasteiger partial charge in [0.2, 0.25) is 5.95 Å². The fourth-order valence-electron chi connectivity index (χ4n) is 3.05. The maximum atomic E-state index is 9.78. The van der Waals surface area contributed by atoms with Crippen LogP contribution in [0.2, 0.25) is 0 Å². The second-order valence-electron chi connectivity index (χ2n) is 6.92. The van der Waals surface area contributed by atoms with Crippen LogP contribution < -0.4 is 4.90 Å². The van der Waals surface area contributed by atoms with Crippen molar-refractivity contribution in [1.82, 2.24) is 15.0 Å². The number of aliphatic hydroxyl groups is 1. The van der Waals surface area contributed by atoms with E-state index >= 15 is 0 Å². The molecule has 1 N–H and O–H groups in total. The van der Waals surface area contributed by atoms with Gasteiger partial charge in [0.25, 0.3) is 0 Å². The zero-order chi connectivity index (χ0) is 17.8. The number of aromatic nitrogens is 3. The number of pyridine rings is 1. The molecule has 1 aliphatic heterocycles. The maximum absolute atomic E-state index is 9.78. The van der Waals surface area contributed by atoms with Gasteiger partial charge in [-0.15, -0.1) is 0 Å². The van der Waals surface area contributed by atoms with Gasteiger partial charge >= 0.3 is 0 Å². The van der Waals surface area contributed by atoms with Crippen molar-refractivity contribution in [3.05, 3.63) is 48.6 Å². The van der Waals surface area contributed by atoms with Crippen LogP contribution in [0.5, 0.6) is 0 Å². The van der Waals surface area contributed by atoms with E-state index < -0.39 is 0 Å². The lowest BCUT2D eigenvalue weighted by Crippen LogP contribution is -2.26. The van der Waals surface area contributed by atoms with E-state index in [1.54, 1.807) is 0 Å². The minimum absolute atomic E-state index is 0.201. The summed E-state index contributed by atoms with van der Waals surface area (Å²) in [7, 11) is 0. The monoisotopic (exact) mass is 338 g/mol. The summed E-state index contributed by atoms with van der Waals surface area (Å²) in [6, 6.07) is 2.13. The predicted molar refractivity (Wildman–Crippen MR) is 101 cm³/mol. The van der Waals surface area contributed by atoms with Crippen LogP contribution in [0.3, 0.4) is 0 Å². The minimum Gasteiger partial charge on any atom is -0.393 e. The highest BCUT2D eigenvalue weighted by molar-refractivity contribution is 5.62. The molecule has 5 nitrogen and oxygen atoms in total. The number of aliphatic hydroxyl groups excluding tert-OH is 1. The van der Waals surface area contributed by atoms with Crippen LogP contribution in [-0.2, 0) is 0 Å². The van der Waals surface area contributed by atoms with Crippen molar-refractivity contribution in [2.45, 2.75) is 45.1 Å². The highest BCUT2D eigenvalue weighted by Gasteiger charge is 2.17. The highest BCUT2D eigenvalue weighted by atomic mass is 16.3. The molecule has 0 aromatic carbocycles. The molecule has 2 unspecified atom stereocenters. The molecule has 3 heterocycles. The molecular weight excluding hydrogens is 312 g/mol. The second kappa shape index (κ2) is 7.74. The Labute approximate surface area is 149 Å². The van der Waals surface area contributed by atoms with Gasteiger partial charge in [0.1, 0.15) is 0 Å². The highest BCUT2D eigenvalue weighted by Crippen LogP contribution is 2.26. The molecule has 0 amide bonds. The summed E-state index contributed by atoms with van der Waals surface area (Å²) < 4.78 is 0. The maximum Gasteiger partial charge on any atom is 0.225 e. The molecular formula is C20H26N4O. The Morgan fingerprint density at radius 1 is 1.16 bits per heavy atom. The summed E-state index contributed by atoms with van der Waals surface area (Å²) in [5.74, 6) is 1.01. The van der Waals surface area contributed by atoms with Crippen LogP contribution in [0, 0.1) is 0 Å². The van der Waals surface area contributed by atoms with Crippen LogP contribution >= 0.6 is 0 Å². The molecule has 25 heavy (non-hydrogen) atoms. The number of rotatable bonds is 4. The molecule has 0 saturated carbocycles. The first-order valence-corrected chi connectivity index (χ1v) is 8.90. The molecule has 2 aromatic heterocycles. The first-order chi connectivity index (χ1) is 12.0. The normalized spacial score (nSPS) is 19.3. The molecule has 2 atom stereocenters. The molecule has 0 aliphatic carbocycles. The summed E-state index contributed by atoms with van der Waals surface area (Å²) in [5.41, 5.74) is 4.25. The second-order valence-corrected chi connectivity index (χ2v) is 6.92. The third-order valence-electron chi connectivity index (χ3n) is 4.95. The Bertz CT molecular complexity index is 729. The fourth-order valence-corrected chi connectivity index (χ4v) is 3.05. The first-order valence-electron chi connectivity index (χ1n) is 8.90. The summed E-state index contributed by atoms with van der Waals surface area (Å²) in [5, 5.41) is 9.78. The van der Waals surface area contributed by atoms with E-state index in [1.807, 2.05) is 31.7 Å². The van der Waals surface area contributed by atoms with Gasteiger partial charge < -0.3 is 10.0 Å². The summed E-state index contributed by atoms with van der Waals surface area (Å²) in [4.78, 5) is 15.6. The van der Waals surface area contributed by atoms with Crippen molar-refractivity contribution < 1.29 is 5.11 Å². The number of allylic oxidation sites excluding steroid dienone is 1. The average molecular weight is 338 g/mol. The van der Waals surface area contributed by atoms with Crippen molar-refractivity contribution in [3.8, 4) is 11.1 Å². The Morgan fingerprint density at radius 2 is 1.92 bits per heavy atom. The molecule has 0 bridgehead atoms. The molecule has 1 aliphatic rings. The summed E-state index contributed by atoms with van der Waals surface area (Å²) in [6.45, 7) is 9.90. The Balaban J connectivity index is 1.78. The number of hydrogen-bond acceptors (Lipinski definition) is 5. The van der Waals surface area contributed by atoms with Gasteiger partial charge in [-0.25, -0.2) is 9.97 Å². The van der Waals surface area contributed by atoms with Crippen molar-refractivity contribution in [3.63, 3.8) is 0 Å². The smallest absolute Gasteiger partial charge is 0.225 e. The van der Waals surface area contributed by atoms with Crippen molar-refractivity contribution in [2.75, 3.05) is 18.0 Å². The Hall–Kier alpha value is -2.27.